The Morgan fingerprint density at radius 1 is 1.29 bits per heavy atom. The molecule has 2 amide bonds. The molecule has 21 heavy (non-hydrogen) atoms. The Labute approximate surface area is 128 Å². The van der Waals surface area contributed by atoms with Gasteiger partial charge in [-0.05, 0) is 26.0 Å². The van der Waals surface area contributed by atoms with E-state index < -0.39 is 5.25 Å². The van der Waals surface area contributed by atoms with Crippen molar-refractivity contribution < 1.29 is 9.59 Å². The number of benzene rings is 1. The standard InChI is InChI=1S/C15H19N3O2S/c1-3-18(4-2)15-17-14(20)12(21-15)10-13(19)16-11-8-6-5-7-9-11/h5-9,12H,3-4,10H2,1-2H3,(H,16,19). The molecule has 1 N–H and O–H groups in total. The smallest absolute Gasteiger partial charge is 0.262 e. The fraction of sp³-hybridized carbons (Fsp3) is 0.400. The predicted octanol–water partition coefficient (Wildman–Crippen LogP) is 2.35. The van der Waals surface area contributed by atoms with Crippen LogP contribution in [0.25, 0.3) is 0 Å². The lowest BCUT2D eigenvalue weighted by atomic mass is 10.2. The summed E-state index contributed by atoms with van der Waals surface area (Å²) >= 11 is 1.38. The minimum atomic E-state index is -0.413. The number of thioether (sulfide) groups is 1. The van der Waals surface area contributed by atoms with Crippen LogP contribution in [0.1, 0.15) is 20.3 Å². The number of hydrogen-bond acceptors (Lipinski definition) is 4. The van der Waals surface area contributed by atoms with Crippen LogP contribution in [0.15, 0.2) is 35.3 Å². The lowest BCUT2D eigenvalue weighted by molar-refractivity contribution is -0.121. The van der Waals surface area contributed by atoms with E-state index in [1.165, 1.54) is 11.8 Å². The van der Waals surface area contributed by atoms with Crippen molar-refractivity contribution in [1.82, 2.24) is 4.90 Å². The molecule has 1 aromatic carbocycles. The van der Waals surface area contributed by atoms with Crippen LogP contribution < -0.4 is 5.32 Å². The van der Waals surface area contributed by atoms with E-state index in [1.807, 2.05) is 49.1 Å². The Bertz CT molecular complexity index is 541. The zero-order valence-electron chi connectivity index (χ0n) is 12.2. The summed E-state index contributed by atoms with van der Waals surface area (Å²) in [5.74, 6) is -0.381. The number of anilines is 1. The number of aliphatic imine (C=N–C) groups is 1. The van der Waals surface area contributed by atoms with Gasteiger partial charge in [0, 0.05) is 25.2 Å². The molecule has 0 bridgehead atoms. The van der Waals surface area contributed by atoms with Gasteiger partial charge in [-0.1, -0.05) is 30.0 Å². The summed E-state index contributed by atoms with van der Waals surface area (Å²) < 4.78 is 0. The summed E-state index contributed by atoms with van der Waals surface area (Å²) in [6, 6.07) is 9.23. The molecular formula is C15H19N3O2S. The number of nitrogens with one attached hydrogen (secondary N) is 1. The topological polar surface area (TPSA) is 61.8 Å². The molecule has 0 saturated heterocycles. The Kier molecular flexibility index (Phi) is 5.38. The summed E-state index contributed by atoms with van der Waals surface area (Å²) in [6.45, 7) is 5.65. The monoisotopic (exact) mass is 305 g/mol. The van der Waals surface area contributed by atoms with Crippen LogP contribution in [0.4, 0.5) is 5.69 Å². The molecule has 0 saturated carbocycles. The number of rotatable bonds is 5. The molecule has 112 valence electrons. The second-order valence-corrected chi connectivity index (χ2v) is 5.80. The van der Waals surface area contributed by atoms with Gasteiger partial charge in [0.1, 0.15) is 5.25 Å². The van der Waals surface area contributed by atoms with Crippen LogP contribution in [0.2, 0.25) is 0 Å². The molecule has 0 radical (unpaired) electrons. The van der Waals surface area contributed by atoms with E-state index in [2.05, 4.69) is 10.3 Å². The Hall–Kier alpha value is -1.82. The van der Waals surface area contributed by atoms with Crippen molar-refractivity contribution >= 4 is 34.4 Å². The molecule has 1 unspecified atom stereocenters. The molecule has 6 heteroatoms. The van der Waals surface area contributed by atoms with Crippen molar-refractivity contribution in [2.45, 2.75) is 25.5 Å². The summed E-state index contributed by atoms with van der Waals surface area (Å²) in [4.78, 5) is 30.0. The van der Waals surface area contributed by atoms with Crippen molar-refractivity contribution in [2.75, 3.05) is 18.4 Å². The Balaban J connectivity index is 1.90. The Morgan fingerprint density at radius 2 is 1.95 bits per heavy atom. The number of carbonyl (C=O) groups excluding carboxylic acids is 2. The van der Waals surface area contributed by atoms with Gasteiger partial charge in [0.05, 0.1) is 0 Å². The average Bonchev–Trinajstić information content (AvgIpc) is 2.82. The highest BCUT2D eigenvalue weighted by Crippen LogP contribution is 2.27. The van der Waals surface area contributed by atoms with Gasteiger partial charge >= 0.3 is 0 Å². The number of amides is 2. The SMILES string of the molecule is CCN(CC)C1=NC(=O)C(CC(=O)Nc2ccccc2)S1. The normalized spacial score (nSPS) is 17.5. The Morgan fingerprint density at radius 3 is 2.57 bits per heavy atom. The van der Waals surface area contributed by atoms with Crippen LogP contribution in [-0.4, -0.2) is 40.2 Å². The van der Waals surface area contributed by atoms with E-state index in [9.17, 15) is 9.59 Å². The molecule has 0 aliphatic carbocycles. The third kappa shape index (κ3) is 4.07. The zero-order chi connectivity index (χ0) is 15.2. The van der Waals surface area contributed by atoms with Crippen LogP contribution in [0, 0.1) is 0 Å². The highest BCUT2D eigenvalue weighted by atomic mass is 32.2. The van der Waals surface area contributed by atoms with Crippen molar-refractivity contribution in [2.24, 2.45) is 4.99 Å². The van der Waals surface area contributed by atoms with Gasteiger partial charge < -0.3 is 10.2 Å². The van der Waals surface area contributed by atoms with E-state index in [-0.39, 0.29) is 18.2 Å². The molecule has 0 spiro atoms. The van der Waals surface area contributed by atoms with Crippen molar-refractivity contribution in [1.29, 1.82) is 0 Å². The molecule has 1 heterocycles. The molecule has 1 aliphatic heterocycles. The zero-order valence-corrected chi connectivity index (χ0v) is 13.0. The molecule has 5 nitrogen and oxygen atoms in total. The third-order valence-electron chi connectivity index (χ3n) is 3.19. The number of carbonyl (C=O) groups is 2. The minimum absolute atomic E-state index is 0.145. The highest BCUT2D eigenvalue weighted by Gasteiger charge is 2.32. The van der Waals surface area contributed by atoms with Crippen LogP contribution >= 0.6 is 11.8 Å². The molecule has 1 aromatic rings. The quantitative estimate of drug-likeness (QED) is 0.907. The molecule has 0 aromatic heterocycles. The highest BCUT2D eigenvalue weighted by molar-refractivity contribution is 8.15. The van der Waals surface area contributed by atoms with Gasteiger partial charge in [0.15, 0.2) is 5.17 Å². The first-order valence-electron chi connectivity index (χ1n) is 7.03. The lowest BCUT2D eigenvalue weighted by Crippen LogP contribution is -2.27. The van der Waals surface area contributed by atoms with Gasteiger partial charge in [-0.2, -0.15) is 4.99 Å². The van der Waals surface area contributed by atoms with Gasteiger partial charge in [0.25, 0.3) is 5.91 Å². The van der Waals surface area contributed by atoms with Crippen LogP contribution in [-0.2, 0) is 9.59 Å². The van der Waals surface area contributed by atoms with E-state index in [0.717, 1.165) is 23.9 Å². The fourth-order valence-corrected chi connectivity index (χ4v) is 3.23. The van der Waals surface area contributed by atoms with Crippen molar-refractivity contribution in [3.05, 3.63) is 30.3 Å². The molecule has 1 atom stereocenters. The van der Waals surface area contributed by atoms with E-state index in [0.29, 0.717) is 0 Å². The predicted molar refractivity (Wildman–Crippen MR) is 86.4 cm³/mol. The summed E-state index contributed by atoms with van der Waals surface area (Å²) in [5.41, 5.74) is 0.739. The molecule has 0 fully saturated rings. The largest absolute Gasteiger partial charge is 0.352 e. The maximum absolute atomic E-state index is 12.0. The molecular weight excluding hydrogens is 286 g/mol. The van der Waals surface area contributed by atoms with Crippen LogP contribution in [0.3, 0.4) is 0 Å². The molecule has 2 rings (SSSR count). The number of para-hydroxylation sites is 1. The number of nitrogens with zero attached hydrogens (tertiary/aromatic N) is 2. The second-order valence-electron chi connectivity index (χ2n) is 4.63. The average molecular weight is 305 g/mol. The minimum Gasteiger partial charge on any atom is -0.352 e. The van der Waals surface area contributed by atoms with Crippen molar-refractivity contribution in [3.63, 3.8) is 0 Å². The third-order valence-corrected chi connectivity index (χ3v) is 4.40. The van der Waals surface area contributed by atoms with Gasteiger partial charge in [-0.15, -0.1) is 0 Å². The van der Waals surface area contributed by atoms with Gasteiger partial charge in [-0.3, -0.25) is 9.59 Å². The first-order chi connectivity index (χ1) is 10.1. The van der Waals surface area contributed by atoms with E-state index >= 15 is 0 Å². The first-order valence-corrected chi connectivity index (χ1v) is 7.91. The number of hydrogen-bond donors (Lipinski definition) is 1. The van der Waals surface area contributed by atoms with Gasteiger partial charge in [0.2, 0.25) is 5.91 Å². The molecule has 1 aliphatic rings. The van der Waals surface area contributed by atoms with Crippen LogP contribution in [0.5, 0.6) is 0 Å². The maximum atomic E-state index is 12.0. The van der Waals surface area contributed by atoms with Gasteiger partial charge in [-0.25, -0.2) is 0 Å². The summed E-state index contributed by atoms with van der Waals surface area (Å²) in [5, 5.41) is 3.10. The first kappa shape index (κ1) is 15.6. The fourth-order valence-electron chi connectivity index (χ4n) is 2.04. The van der Waals surface area contributed by atoms with E-state index in [1.54, 1.807) is 0 Å². The van der Waals surface area contributed by atoms with Crippen molar-refractivity contribution in [3.8, 4) is 0 Å². The summed E-state index contributed by atoms with van der Waals surface area (Å²) in [7, 11) is 0. The maximum Gasteiger partial charge on any atom is 0.262 e. The summed E-state index contributed by atoms with van der Waals surface area (Å²) in [6.07, 6.45) is 0.145. The second kappa shape index (κ2) is 7.26. The lowest BCUT2D eigenvalue weighted by Gasteiger charge is -2.19. The number of amidine groups is 1. The van der Waals surface area contributed by atoms with E-state index in [4.69, 9.17) is 0 Å².